The molecule has 1 fully saturated rings. The first kappa shape index (κ1) is 15.8. The van der Waals surface area contributed by atoms with Gasteiger partial charge in [0.1, 0.15) is 18.6 Å². The van der Waals surface area contributed by atoms with Crippen molar-refractivity contribution in [2.75, 3.05) is 6.26 Å². The smallest absolute Gasteiger partial charge is 0.175 e. The molecule has 6 heteroatoms. The average Bonchev–Trinajstić information content (AvgIpc) is 2.74. The summed E-state index contributed by atoms with van der Waals surface area (Å²) in [6, 6.07) is 5.86. The first-order valence-corrected chi connectivity index (χ1v) is 8.46. The quantitative estimate of drug-likeness (QED) is 0.634. The Morgan fingerprint density at radius 3 is 2.10 bits per heavy atom. The fourth-order valence-corrected chi connectivity index (χ4v) is 3.09. The molecule has 0 bridgehead atoms. The number of rotatable bonds is 4. The lowest BCUT2D eigenvalue weighted by atomic mass is 9.99. The third kappa shape index (κ3) is 3.75. The Kier molecular flexibility index (Phi) is 4.56. The molecule has 0 radical (unpaired) electrons. The summed E-state index contributed by atoms with van der Waals surface area (Å²) in [5.41, 5.74) is 0.858. The van der Waals surface area contributed by atoms with Gasteiger partial charge in [0.25, 0.3) is 0 Å². The minimum atomic E-state index is -3.30. The minimum absolute atomic E-state index is 0.0694. The molecule has 3 nitrogen and oxygen atoms in total. The van der Waals surface area contributed by atoms with E-state index in [-0.39, 0.29) is 23.7 Å². The van der Waals surface area contributed by atoms with E-state index in [9.17, 15) is 22.0 Å². The molecule has 0 spiro atoms. The van der Waals surface area contributed by atoms with Crippen LogP contribution in [0.15, 0.2) is 35.2 Å². The molecule has 1 saturated carbocycles. The van der Waals surface area contributed by atoms with Gasteiger partial charge >= 0.3 is 0 Å². The third-order valence-electron chi connectivity index (χ3n) is 3.61. The van der Waals surface area contributed by atoms with Crippen molar-refractivity contribution in [2.24, 2.45) is 5.92 Å². The van der Waals surface area contributed by atoms with Crippen LogP contribution in [-0.4, -0.2) is 33.3 Å². The Morgan fingerprint density at radius 2 is 1.67 bits per heavy atom. The van der Waals surface area contributed by atoms with Crippen molar-refractivity contribution in [3.05, 3.63) is 35.9 Å². The molecular weight excluding hydrogens is 298 g/mol. The number of alkyl halides is 2. The van der Waals surface area contributed by atoms with Crippen LogP contribution in [0.4, 0.5) is 8.78 Å². The van der Waals surface area contributed by atoms with E-state index in [1.54, 1.807) is 6.08 Å². The lowest BCUT2D eigenvalue weighted by Gasteiger charge is -2.06. The van der Waals surface area contributed by atoms with Crippen molar-refractivity contribution < 1.29 is 22.0 Å². The first-order valence-electron chi connectivity index (χ1n) is 6.57. The molecule has 1 aliphatic carbocycles. The summed E-state index contributed by atoms with van der Waals surface area (Å²) in [6.07, 6.45) is 0.459. The van der Waals surface area contributed by atoms with Crippen LogP contribution in [0.3, 0.4) is 0 Å². The van der Waals surface area contributed by atoms with E-state index in [2.05, 4.69) is 0 Å². The summed E-state index contributed by atoms with van der Waals surface area (Å²) in [6.45, 7) is 0. The van der Waals surface area contributed by atoms with Crippen LogP contribution >= 0.6 is 0 Å². The average molecular weight is 314 g/mol. The number of hydrogen-bond acceptors (Lipinski definition) is 3. The van der Waals surface area contributed by atoms with E-state index < -0.39 is 22.2 Å². The molecule has 2 rings (SSSR count). The highest BCUT2D eigenvalue weighted by Crippen LogP contribution is 2.33. The molecule has 0 amide bonds. The molecule has 0 heterocycles. The predicted octanol–water partition coefficient (Wildman–Crippen LogP) is 2.76. The van der Waals surface area contributed by atoms with Gasteiger partial charge < -0.3 is 0 Å². The van der Waals surface area contributed by atoms with E-state index in [1.807, 2.05) is 0 Å². The summed E-state index contributed by atoms with van der Waals surface area (Å²) in [4.78, 5) is 11.3. The normalized spacial score (nSPS) is 26.8. The molecule has 1 aromatic rings. The number of hydrogen-bond donors (Lipinski definition) is 0. The summed E-state index contributed by atoms with van der Waals surface area (Å²) in [5.74, 6) is -0.315. The topological polar surface area (TPSA) is 51.2 Å². The van der Waals surface area contributed by atoms with Crippen LogP contribution in [0.2, 0.25) is 0 Å². The van der Waals surface area contributed by atoms with Crippen molar-refractivity contribution >= 4 is 21.7 Å². The van der Waals surface area contributed by atoms with Gasteiger partial charge in [-0.1, -0.05) is 18.2 Å². The van der Waals surface area contributed by atoms with Gasteiger partial charge in [0.05, 0.1) is 4.90 Å². The van der Waals surface area contributed by atoms with Gasteiger partial charge in [-0.3, -0.25) is 4.79 Å². The van der Waals surface area contributed by atoms with Gasteiger partial charge in [-0.15, -0.1) is 0 Å². The lowest BCUT2D eigenvalue weighted by Crippen LogP contribution is -2.06. The fraction of sp³-hybridized carbons (Fsp3) is 0.400. The van der Waals surface area contributed by atoms with Gasteiger partial charge in [0, 0.05) is 11.8 Å². The zero-order chi connectivity index (χ0) is 15.6. The van der Waals surface area contributed by atoms with Crippen LogP contribution in [0, 0.1) is 5.92 Å². The second-order valence-corrected chi connectivity index (χ2v) is 7.32. The standard InChI is InChI=1S/C15H16F2O3S/c1-21(19,20)13-4-2-11(3-5-13)12(9-18)6-10-7-14(16)15(17)8-10/h2-6,9-10,14-15H,7-8H2,1H3/b12-6-. The molecule has 2 unspecified atom stereocenters. The second-order valence-electron chi connectivity index (χ2n) is 5.30. The molecule has 0 aliphatic heterocycles. The van der Waals surface area contributed by atoms with Crippen molar-refractivity contribution in [1.29, 1.82) is 0 Å². The summed E-state index contributed by atoms with van der Waals surface area (Å²) < 4.78 is 49.0. The highest BCUT2D eigenvalue weighted by atomic mass is 32.2. The molecule has 2 atom stereocenters. The highest BCUT2D eigenvalue weighted by Gasteiger charge is 2.33. The zero-order valence-electron chi connectivity index (χ0n) is 11.5. The molecule has 114 valence electrons. The Balaban J connectivity index is 2.24. The SMILES string of the molecule is CS(=O)(=O)c1ccc(/C(C=O)=C\C2CC(F)C(F)C2)cc1. The van der Waals surface area contributed by atoms with Gasteiger partial charge in [0.15, 0.2) is 9.84 Å². The lowest BCUT2D eigenvalue weighted by molar-refractivity contribution is -0.103. The van der Waals surface area contributed by atoms with E-state index in [1.165, 1.54) is 24.3 Å². The molecule has 1 aromatic carbocycles. The van der Waals surface area contributed by atoms with Crippen molar-refractivity contribution in [3.63, 3.8) is 0 Å². The largest absolute Gasteiger partial charge is 0.298 e. The third-order valence-corrected chi connectivity index (χ3v) is 4.73. The van der Waals surface area contributed by atoms with E-state index >= 15 is 0 Å². The Hall–Kier alpha value is -1.56. The predicted molar refractivity (Wildman–Crippen MR) is 76.1 cm³/mol. The minimum Gasteiger partial charge on any atom is -0.298 e. The fourth-order valence-electron chi connectivity index (χ4n) is 2.46. The number of carbonyl (C=O) groups is 1. The van der Waals surface area contributed by atoms with Gasteiger partial charge in [-0.05, 0) is 36.5 Å². The maximum atomic E-state index is 13.1. The first-order chi connectivity index (χ1) is 9.81. The molecular formula is C15H16F2O3S. The van der Waals surface area contributed by atoms with Gasteiger partial charge in [-0.25, -0.2) is 17.2 Å². The molecule has 0 saturated heterocycles. The van der Waals surface area contributed by atoms with Crippen molar-refractivity contribution in [3.8, 4) is 0 Å². The number of carbonyl (C=O) groups excluding carboxylic acids is 1. The molecule has 21 heavy (non-hydrogen) atoms. The maximum absolute atomic E-state index is 13.1. The van der Waals surface area contributed by atoms with Crippen molar-refractivity contribution in [1.82, 2.24) is 0 Å². The highest BCUT2D eigenvalue weighted by molar-refractivity contribution is 7.90. The summed E-state index contributed by atoms with van der Waals surface area (Å²) in [5, 5.41) is 0. The van der Waals surface area contributed by atoms with E-state index in [0.29, 0.717) is 17.4 Å². The van der Waals surface area contributed by atoms with Crippen LogP contribution in [0.25, 0.3) is 5.57 Å². The van der Waals surface area contributed by atoms with Gasteiger partial charge in [0.2, 0.25) is 0 Å². The molecule has 0 aromatic heterocycles. The Labute approximate surface area is 122 Å². The number of benzene rings is 1. The number of aldehydes is 1. The second kappa shape index (κ2) is 6.05. The molecule has 1 aliphatic rings. The van der Waals surface area contributed by atoms with E-state index in [0.717, 1.165) is 6.26 Å². The van der Waals surface area contributed by atoms with Crippen LogP contribution in [0.5, 0.6) is 0 Å². The zero-order valence-corrected chi connectivity index (χ0v) is 12.3. The summed E-state index contributed by atoms with van der Waals surface area (Å²) >= 11 is 0. The maximum Gasteiger partial charge on any atom is 0.175 e. The Bertz CT molecular complexity index is 640. The van der Waals surface area contributed by atoms with Crippen molar-refractivity contribution in [2.45, 2.75) is 30.1 Å². The Morgan fingerprint density at radius 1 is 1.14 bits per heavy atom. The molecule has 0 N–H and O–H groups in total. The van der Waals surface area contributed by atoms with Gasteiger partial charge in [-0.2, -0.15) is 0 Å². The number of sulfone groups is 1. The van der Waals surface area contributed by atoms with Crippen LogP contribution in [0.1, 0.15) is 18.4 Å². The van der Waals surface area contributed by atoms with Crippen LogP contribution in [-0.2, 0) is 14.6 Å². The monoisotopic (exact) mass is 314 g/mol. The number of halogens is 2. The van der Waals surface area contributed by atoms with E-state index in [4.69, 9.17) is 0 Å². The van der Waals surface area contributed by atoms with Crippen LogP contribution < -0.4 is 0 Å². The number of allylic oxidation sites excluding steroid dienone is 2. The summed E-state index contributed by atoms with van der Waals surface area (Å²) in [7, 11) is -3.30.